The Labute approximate surface area is 128 Å². The highest BCUT2D eigenvalue weighted by Crippen LogP contribution is 2.49. The molecule has 0 aliphatic heterocycles. The fraction of sp³-hybridized carbons (Fsp3) is 0.500. The molecule has 110 valence electrons. The van der Waals surface area contributed by atoms with Gasteiger partial charge in [-0.2, -0.15) is 31.6 Å². The molecule has 0 spiro atoms. The van der Waals surface area contributed by atoms with E-state index in [9.17, 15) is 0 Å². The molecule has 0 aromatic rings. The van der Waals surface area contributed by atoms with Gasteiger partial charge in [0.05, 0.1) is 0 Å². The molecule has 10 heteroatoms. The van der Waals surface area contributed by atoms with E-state index in [1.807, 2.05) is 0 Å². The van der Waals surface area contributed by atoms with Crippen molar-refractivity contribution >= 4 is 8.60 Å². The van der Waals surface area contributed by atoms with Gasteiger partial charge < -0.3 is 0 Å². The Morgan fingerprint density at radius 2 is 0.727 bits per heavy atom. The van der Waals surface area contributed by atoms with Crippen molar-refractivity contribution < 1.29 is 13.6 Å². The lowest BCUT2D eigenvalue weighted by molar-refractivity contribution is 0.0638. The molecule has 0 atom stereocenters. The van der Waals surface area contributed by atoms with E-state index in [1.54, 1.807) is 36.4 Å². The van der Waals surface area contributed by atoms with Gasteiger partial charge in [-0.1, -0.05) is 0 Å². The van der Waals surface area contributed by atoms with Gasteiger partial charge in [0.1, 0.15) is 36.4 Å². The highest BCUT2D eigenvalue weighted by molar-refractivity contribution is 7.41. The minimum Gasteiger partial charge on any atom is -0.276 e. The first-order chi connectivity index (χ1) is 10.1. The second-order valence-corrected chi connectivity index (χ2v) is 5.26. The van der Waals surface area contributed by atoms with E-state index in [0.29, 0.717) is 0 Å². The Hall–Kier alpha value is -2.75. The van der Waals surface area contributed by atoms with Crippen molar-refractivity contribution in [1.29, 1.82) is 31.6 Å². The van der Waals surface area contributed by atoms with Crippen molar-refractivity contribution in [2.45, 2.75) is 37.6 Å². The Morgan fingerprint density at radius 1 is 0.545 bits per heavy atom. The van der Waals surface area contributed by atoms with Crippen LogP contribution in [-0.2, 0) is 13.6 Å². The average Bonchev–Trinajstić information content (AvgIpc) is 2.54. The Bertz CT molecular complexity index is 543. The van der Waals surface area contributed by atoms with Crippen LogP contribution < -0.4 is 0 Å². The highest BCUT2D eigenvalue weighted by Gasteiger charge is 2.41. The standard InChI is InChI=1S/C12H9N6O3P/c1-10(4-13,5-14)19-22(20-11(2,6-15)7-16)21-12(3,8-17)9-18/h1-3H3. The van der Waals surface area contributed by atoms with Crippen molar-refractivity contribution in [3.63, 3.8) is 0 Å². The summed E-state index contributed by atoms with van der Waals surface area (Å²) in [5, 5.41) is 53.4. The number of rotatable bonds is 6. The van der Waals surface area contributed by atoms with Gasteiger partial charge in [-0.3, -0.25) is 13.6 Å². The summed E-state index contributed by atoms with van der Waals surface area (Å²) in [6, 6.07) is 9.26. The summed E-state index contributed by atoms with van der Waals surface area (Å²) in [4.78, 5) is 0. The molecule has 0 amide bonds. The molecule has 0 heterocycles. The molecule has 0 saturated carbocycles. The molecule has 0 aliphatic rings. The maximum absolute atomic E-state index is 8.90. The Kier molecular flexibility index (Phi) is 6.40. The van der Waals surface area contributed by atoms with Gasteiger partial charge in [0.15, 0.2) is 0 Å². The topological polar surface area (TPSA) is 170 Å². The molecule has 0 radical (unpaired) electrons. The van der Waals surface area contributed by atoms with Gasteiger partial charge in [0, 0.05) is 0 Å². The van der Waals surface area contributed by atoms with Crippen LogP contribution in [-0.4, -0.2) is 16.8 Å². The lowest BCUT2D eigenvalue weighted by Gasteiger charge is -2.27. The zero-order valence-electron chi connectivity index (χ0n) is 11.9. The van der Waals surface area contributed by atoms with E-state index in [4.69, 9.17) is 45.1 Å². The summed E-state index contributed by atoms with van der Waals surface area (Å²) >= 11 is 0. The molecule has 0 N–H and O–H groups in total. The molecule has 0 saturated heterocycles. The van der Waals surface area contributed by atoms with Gasteiger partial charge >= 0.3 is 8.60 Å². The van der Waals surface area contributed by atoms with Gasteiger partial charge in [-0.15, -0.1) is 0 Å². The Balaban J connectivity index is 5.57. The van der Waals surface area contributed by atoms with E-state index in [0.717, 1.165) is 20.8 Å². The first kappa shape index (κ1) is 19.2. The van der Waals surface area contributed by atoms with Gasteiger partial charge in [0.2, 0.25) is 16.8 Å². The third-order valence-corrected chi connectivity index (χ3v) is 3.59. The smallest absolute Gasteiger partial charge is 0.276 e. The zero-order valence-corrected chi connectivity index (χ0v) is 12.7. The summed E-state index contributed by atoms with van der Waals surface area (Å²) in [6.45, 7) is 3.30. The third kappa shape index (κ3) is 4.98. The summed E-state index contributed by atoms with van der Waals surface area (Å²) in [5.41, 5.74) is -6.03. The summed E-state index contributed by atoms with van der Waals surface area (Å²) < 4.78 is 15.1. The molecule has 0 fully saturated rings. The average molecular weight is 316 g/mol. The molecular formula is C12H9N6O3P. The zero-order chi connectivity index (χ0) is 17.4. The van der Waals surface area contributed by atoms with Crippen LogP contribution in [0.2, 0.25) is 0 Å². The van der Waals surface area contributed by atoms with Gasteiger partial charge in [-0.05, 0) is 20.8 Å². The van der Waals surface area contributed by atoms with Crippen molar-refractivity contribution in [3.8, 4) is 36.4 Å². The normalized spacial score (nSPS) is 11.2. The van der Waals surface area contributed by atoms with Crippen molar-refractivity contribution in [1.82, 2.24) is 0 Å². The van der Waals surface area contributed by atoms with Crippen LogP contribution in [0.15, 0.2) is 0 Å². The highest BCUT2D eigenvalue weighted by atomic mass is 31.2. The first-order valence-electron chi connectivity index (χ1n) is 5.50. The van der Waals surface area contributed by atoms with E-state index in [-0.39, 0.29) is 0 Å². The van der Waals surface area contributed by atoms with E-state index < -0.39 is 25.4 Å². The fourth-order valence-corrected chi connectivity index (χ4v) is 1.95. The van der Waals surface area contributed by atoms with Crippen molar-refractivity contribution in [2.24, 2.45) is 0 Å². The number of hydrogen-bond acceptors (Lipinski definition) is 9. The lowest BCUT2D eigenvalue weighted by Crippen LogP contribution is -2.31. The predicted octanol–water partition coefficient (Wildman–Crippen LogP) is 1.68. The third-order valence-electron chi connectivity index (χ3n) is 2.05. The molecule has 0 unspecified atom stereocenters. The van der Waals surface area contributed by atoms with Crippen molar-refractivity contribution in [2.75, 3.05) is 0 Å². The van der Waals surface area contributed by atoms with Crippen LogP contribution in [0.25, 0.3) is 0 Å². The molecule has 0 aromatic heterocycles. The van der Waals surface area contributed by atoms with E-state index >= 15 is 0 Å². The molecule has 0 bridgehead atoms. The second kappa shape index (κ2) is 7.31. The van der Waals surface area contributed by atoms with Gasteiger partial charge in [-0.25, -0.2) is 0 Å². The maximum atomic E-state index is 8.90. The van der Waals surface area contributed by atoms with E-state index in [1.165, 1.54) is 0 Å². The van der Waals surface area contributed by atoms with Gasteiger partial charge in [0.25, 0.3) is 0 Å². The first-order valence-corrected chi connectivity index (χ1v) is 6.60. The molecular weight excluding hydrogens is 307 g/mol. The summed E-state index contributed by atoms with van der Waals surface area (Å²) in [5.74, 6) is 0. The monoisotopic (exact) mass is 316 g/mol. The van der Waals surface area contributed by atoms with E-state index in [2.05, 4.69) is 0 Å². The second-order valence-electron chi connectivity index (χ2n) is 4.27. The Morgan fingerprint density at radius 3 is 0.864 bits per heavy atom. The van der Waals surface area contributed by atoms with Crippen LogP contribution in [0.5, 0.6) is 0 Å². The SMILES string of the molecule is CC(C#N)(C#N)OP(OC(C)(C#N)C#N)OC(C)(C#N)C#N. The summed E-state index contributed by atoms with van der Waals surface area (Å²) in [6.07, 6.45) is 0. The fourth-order valence-electron chi connectivity index (χ4n) is 0.701. The molecule has 22 heavy (non-hydrogen) atoms. The van der Waals surface area contributed by atoms with Crippen LogP contribution in [0, 0.1) is 68.0 Å². The quantitative estimate of drug-likeness (QED) is 0.661. The molecule has 9 nitrogen and oxygen atoms in total. The van der Waals surface area contributed by atoms with Crippen LogP contribution in [0.3, 0.4) is 0 Å². The molecule has 0 aromatic carbocycles. The largest absolute Gasteiger partial charge is 0.340 e. The number of nitrogens with zero attached hydrogens (tertiary/aromatic N) is 6. The van der Waals surface area contributed by atoms with Crippen LogP contribution in [0.1, 0.15) is 20.8 Å². The predicted molar refractivity (Wildman–Crippen MR) is 69.1 cm³/mol. The maximum Gasteiger partial charge on any atom is 0.340 e. The minimum absolute atomic E-state index is 1.10. The van der Waals surface area contributed by atoms with Crippen LogP contribution >= 0.6 is 8.60 Å². The molecule has 0 rings (SSSR count). The molecule has 0 aliphatic carbocycles. The van der Waals surface area contributed by atoms with Crippen molar-refractivity contribution in [3.05, 3.63) is 0 Å². The minimum atomic E-state index is -2.69. The van der Waals surface area contributed by atoms with Crippen LogP contribution in [0.4, 0.5) is 0 Å². The summed E-state index contributed by atoms with van der Waals surface area (Å²) in [7, 11) is -2.69. The number of nitriles is 6. The number of hydrogen-bond donors (Lipinski definition) is 0. The lowest BCUT2D eigenvalue weighted by atomic mass is 10.2.